The highest BCUT2D eigenvalue weighted by Gasteiger charge is 2.24. The quantitative estimate of drug-likeness (QED) is 0.852. The van der Waals surface area contributed by atoms with E-state index in [1.807, 2.05) is 36.9 Å². The van der Waals surface area contributed by atoms with Crippen LogP contribution >= 0.6 is 15.9 Å². The molecular formula is C15H20BrNO2. The number of carbonyl (C=O) groups excluding carboxylic acids is 1. The molecule has 2 rings (SSSR count). The molecule has 1 amide bonds. The van der Waals surface area contributed by atoms with Crippen molar-refractivity contribution in [1.82, 2.24) is 4.90 Å². The van der Waals surface area contributed by atoms with Crippen molar-refractivity contribution in [2.75, 3.05) is 19.7 Å². The van der Waals surface area contributed by atoms with Crippen LogP contribution in [0, 0.1) is 6.92 Å². The Balaban J connectivity index is 2.03. The molecule has 4 heteroatoms. The van der Waals surface area contributed by atoms with Crippen LogP contribution in [0.1, 0.15) is 35.7 Å². The molecule has 19 heavy (non-hydrogen) atoms. The summed E-state index contributed by atoms with van der Waals surface area (Å²) in [7, 11) is 0. The number of nitrogens with zero attached hydrogens (tertiary/aromatic N) is 1. The zero-order chi connectivity index (χ0) is 13.8. The third-order valence-corrected chi connectivity index (χ3v) is 4.05. The Kier molecular flexibility index (Phi) is 4.99. The number of hydrogen-bond donors (Lipinski definition) is 0. The largest absolute Gasteiger partial charge is 0.378 e. The van der Waals surface area contributed by atoms with Crippen molar-refractivity contribution < 1.29 is 9.53 Å². The number of ether oxygens (including phenoxy) is 1. The van der Waals surface area contributed by atoms with Crippen LogP contribution in [0.2, 0.25) is 0 Å². The lowest BCUT2D eigenvalue weighted by molar-refractivity contribution is 0.0146. The van der Waals surface area contributed by atoms with Crippen LogP contribution < -0.4 is 0 Å². The van der Waals surface area contributed by atoms with E-state index in [1.165, 1.54) is 0 Å². The molecule has 0 aromatic heterocycles. The Morgan fingerprint density at radius 2 is 2.11 bits per heavy atom. The molecule has 1 fully saturated rings. The summed E-state index contributed by atoms with van der Waals surface area (Å²) in [5.74, 6) is 0.133. The molecule has 0 atom stereocenters. The van der Waals surface area contributed by atoms with Gasteiger partial charge >= 0.3 is 0 Å². The van der Waals surface area contributed by atoms with Crippen LogP contribution in [-0.2, 0) is 4.74 Å². The predicted octanol–water partition coefficient (Wildman–Crippen LogP) is 3.40. The van der Waals surface area contributed by atoms with Crippen molar-refractivity contribution in [1.29, 1.82) is 0 Å². The fourth-order valence-electron chi connectivity index (χ4n) is 2.46. The summed E-state index contributed by atoms with van der Waals surface area (Å²) < 4.78 is 6.56. The SMILES string of the molecule is CCOC1CCN(C(=O)c2cc(Br)ccc2C)CC1. The van der Waals surface area contributed by atoms with Crippen molar-refractivity contribution in [2.24, 2.45) is 0 Å². The van der Waals surface area contributed by atoms with E-state index in [9.17, 15) is 4.79 Å². The molecule has 0 N–H and O–H groups in total. The molecule has 0 radical (unpaired) electrons. The summed E-state index contributed by atoms with van der Waals surface area (Å²) in [5.41, 5.74) is 1.82. The highest BCUT2D eigenvalue weighted by Crippen LogP contribution is 2.21. The first-order valence-corrected chi connectivity index (χ1v) is 7.58. The number of rotatable bonds is 3. The second-order valence-electron chi connectivity index (χ2n) is 4.91. The first kappa shape index (κ1) is 14.5. The van der Waals surface area contributed by atoms with Gasteiger partial charge in [-0.25, -0.2) is 0 Å². The first-order chi connectivity index (χ1) is 9.11. The fourth-order valence-corrected chi connectivity index (χ4v) is 2.82. The van der Waals surface area contributed by atoms with Gasteiger partial charge in [-0.1, -0.05) is 22.0 Å². The fraction of sp³-hybridized carbons (Fsp3) is 0.533. The monoisotopic (exact) mass is 325 g/mol. The smallest absolute Gasteiger partial charge is 0.254 e. The summed E-state index contributed by atoms with van der Waals surface area (Å²) >= 11 is 3.43. The molecule has 1 aromatic rings. The average Bonchev–Trinajstić information content (AvgIpc) is 2.42. The lowest BCUT2D eigenvalue weighted by Gasteiger charge is -2.32. The van der Waals surface area contributed by atoms with Gasteiger partial charge in [-0.15, -0.1) is 0 Å². The summed E-state index contributed by atoms with van der Waals surface area (Å²) in [6, 6.07) is 5.85. The van der Waals surface area contributed by atoms with Gasteiger partial charge in [0.15, 0.2) is 0 Å². The zero-order valence-corrected chi connectivity index (χ0v) is 13.1. The molecule has 1 aliphatic rings. The van der Waals surface area contributed by atoms with Crippen LogP contribution in [-0.4, -0.2) is 36.6 Å². The van der Waals surface area contributed by atoms with Crippen LogP contribution in [0.3, 0.4) is 0 Å². The zero-order valence-electron chi connectivity index (χ0n) is 11.5. The van der Waals surface area contributed by atoms with Gasteiger partial charge in [0.05, 0.1) is 6.10 Å². The maximum absolute atomic E-state index is 12.5. The molecule has 0 aliphatic carbocycles. The average molecular weight is 326 g/mol. The lowest BCUT2D eigenvalue weighted by Crippen LogP contribution is -2.41. The van der Waals surface area contributed by atoms with Gasteiger partial charge < -0.3 is 9.64 Å². The van der Waals surface area contributed by atoms with Gasteiger partial charge in [-0.05, 0) is 44.4 Å². The van der Waals surface area contributed by atoms with Crippen molar-refractivity contribution in [3.63, 3.8) is 0 Å². The van der Waals surface area contributed by atoms with E-state index < -0.39 is 0 Å². The molecule has 0 spiro atoms. The standard InChI is InChI=1S/C15H20BrNO2/c1-3-19-13-6-8-17(9-7-13)15(18)14-10-12(16)5-4-11(14)2/h4-5,10,13H,3,6-9H2,1-2H3. The van der Waals surface area contributed by atoms with Crippen molar-refractivity contribution in [3.05, 3.63) is 33.8 Å². The lowest BCUT2D eigenvalue weighted by atomic mass is 10.0. The van der Waals surface area contributed by atoms with Gasteiger partial charge in [0.2, 0.25) is 0 Å². The number of halogens is 1. The Morgan fingerprint density at radius 1 is 1.42 bits per heavy atom. The van der Waals surface area contributed by atoms with Crippen LogP contribution in [0.15, 0.2) is 22.7 Å². The van der Waals surface area contributed by atoms with E-state index in [2.05, 4.69) is 15.9 Å². The van der Waals surface area contributed by atoms with E-state index in [1.54, 1.807) is 0 Å². The number of hydrogen-bond acceptors (Lipinski definition) is 2. The number of aryl methyl sites for hydroxylation is 1. The minimum absolute atomic E-state index is 0.133. The van der Waals surface area contributed by atoms with Gasteiger partial charge in [0.25, 0.3) is 5.91 Å². The van der Waals surface area contributed by atoms with E-state index in [0.29, 0.717) is 6.10 Å². The van der Waals surface area contributed by atoms with Gasteiger partial charge in [0, 0.05) is 29.7 Å². The van der Waals surface area contributed by atoms with Gasteiger partial charge in [-0.2, -0.15) is 0 Å². The number of carbonyl (C=O) groups is 1. The normalized spacial score (nSPS) is 16.7. The second-order valence-corrected chi connectivity index (χ2v) is 5.82. The number of likely N-dealkylation sites (tertiary alicyclic amines) is 1. The molecule has 0 saturated carbocycles. The summed E-state index contributed by atoms with van der Waals surface area (Å²) in [6.07, 6.45) is 2.19. The summed E-state index contributed by atoms with van der Waals surface area (Å²) in [5, 5.41) is 0. The van der Waals surface area contributed by atoms with Gasteiger partial charge in [0.1, 0.15) is 0 Å². The van der Waals surface area contributed by atoms with E-state index in [4.69, 9.17) is 4.74 Å². The van der Waals surface area contributed by atoms with Crippen LogP contribution in [0.4, 0.5) is 0 Å². The summed E-state index contributed by atoms with van der Waals surface area (Å²) in [6.45, 7) is 6.32. The van der Waals surface area contributed by atoms with E-state index >= 15 is 0 Å². The topological polar surface area (TPSA) is 29.5 Å². The Labute approximate surface area is 123 Å². The molecular weight excluding hydrogens is 306 g/mol. The molecule has 0 unspecified atom stereocenters. The number of piperidine rings is 1. The van der Waals surface area contributed by atoms with Gasteiger partial charge in [-0.3, -0.25) is 4.79 Å². The molecule has 3 nitrogen and oxygen atoms in total. The first-order valence-electron chi connectivity index (χ1n) is 6.79. The molecule has 0 bridgehead atoms. The molecule has 1 heterocycles. The minimum Gasteiger partial charge on any atom is -0.378 e. The van der Waals surface area contributed by atoms with E-state index in [0.717, 1.165) is 48.1 Å². The molecule has 1 aromatic carbocycles. The Hall–Kier alpha value is -0.870. The van der Waals surface area contributed by atoms with Crippen molar-refractivity contribution in [3.8, 4) is 0 Å². The van der Waals surface area contributed by atoms with Crippen LogP contribution in [0.5, 0.6) is 0 Å². The maximum atomic E-state index is 12.5. The van der Waals surface area contributed by atoms with E-state index in [-0.39, 0.29) is 5.91 Å². The molecule has 1 aliphatic heterocycles. The number of benzene rings is 1. The molecule has 1 saturated heterocycles. The third-order valence-electron chi connectivity index (χ3n) is 3.56. The third kappa shape index (κ3) is 3.57. The Morgan fingerprint density at radius 3 is 2.74 bits per heavy atom. The number of amides is 1. The van der Waals surface area contributed by atoms with Crippen molar-refractivity contribution in [2.45, 2.75) is 32.8 Å². The predicted molar refractivity (Wildman–Crippen MR) is 79.4 cm³/mol. The highest BCUT2D eigenvalue weighted by molar-refractivity contribution is 9.10. The minimum atomic E-state index is 0.133. The highest BCUT2D eigenvalue weighted by atomic mass is 79.9. The van der Waals surface area contributed by atoms with Crippen LogP contribution in [0.25, 0.3) is 0 Å². The second kappa shape index (κ2) is 6.53. The maximum Gasteiger partial charge on any atom is 0.254 e. The molecule has 104 valence electrons. The Bertz CT molecular complexity index is 453. The summed E-state index contributed by atoms with van der Waals surface area (Å²) in [4.78, 5) is 14.4. The van der Waals surface area contributed by atoms with Crippen molar-refractivity contribution >= 4 is 21.8 Å².